The molecular formula is C22H28N2O3. The van der Waals surface area contributed by atoms with Gasteiger partial charge in [-0.25, -0.2) is 0 Å². The third-order valence-electron chi connectivity index (χ3n) is 4.57. The van der Waals surface area contributed by atoms with Gasteiger partial charge in [0.1, 0.15) is 5.75 Å². The molecule has 0 radical (unpaired) electrons. The molecule has 0 saturated carbocycles. The minimum atomic E-state index is -0.128. The predicted molar refractivity (Wildman–Crippen MR) is 107 cm³/mol. The van der Waals surface area contributed by atoms with Gasteiger partial charge in [0.25, 0.3) is 0 Å². The minimum absolute atomic E-state index is 0.0148. The Labute approximate surface area is 161 Å². The Morgan fingerprint density at radius 1 is 1.04 bits per heavy atom. The first kappa shape index (κ1) is 20.6. The van der Waals surface area contributed by atoms with Crippen molar-refractivity contribution in [3.8, 4) is 5.75 Å². The van der Waals surface area contributed by atoms with Gasteiger partial charge in [-0.2, -0.15) is 0 Å². The van der Waals surface area contributed by atoms with Crippen molar-refractivity contribution in [3.05, 3.63) is 65.2 Å². The summed E-state index contributed by atoms with van der Waals surface area (Å²) >= 11 is 0. The van der Waals surface area contributed by atoms with Crippen molar-refractivity contribution in [2.45, 2.75) is 25.8 Å². The molecule has 0 aliphatic heterocycles. The summed E-state index contributed by atoms with van der Waals surface area (Å²) in [7, 11) is 5.56. The van der Waals surface area contributed by atoms with E-state index in [1.54, 1.807) is 19.2 Å². The van der Waals surface area contributed by atoms with E-state index >= 15 is 0 Å². The Morgan fingerprint density at radius 2 is 1.70 bits per heavy atom. The molecule has 0 heterocycles. The van der Waals surface area contributed by atoms with Crippen LogP contribution in [0.2, 0.25) is 0 Å². The first-order valence-corrected chi connectivity index (χ1v) is 9.08. The molecule has 2 rings (SSSR count). The molecule has 0 bridgehead atoms. The summed E-state index contributed by atoms with van der Waals surface area (Å²) in [5.41, 5.74) is 2.77. The quantitative estimate of drug-likeness (QED) is 0.690. The number of rotatable bonds is 9. The maximum absolute atomic E-state index is 12.2. The molecule has 1 atom stereocenters. The number of carbonyl (C=O) groups excluding carboxylic acids is 2. The number of Topliss-reactive ketones (excluding diaryl/α,β-unsaturated/α-hetero) is 1. The van der Waals surface area contributed by atoms with Crippen molar-refractivity contribution in [2.75, 3.05) is 27.7 Å². The van der Waals surface area contributed by atoms with Crippen LogP contribution in [-0.2, 0) is 4.79 Å². The zero-order chi connectivity index (χ0) is 19.8. The monoisotopic (exact) mass is 368 g/mol. The van der Waals surface area contributed by atoms with Crippen molar-refractivity contribution in [3.63, 3.8) is 0 Å². The molecule has 1 amide bonds. The van der Waals surface area contributed by atoms with Gasteiger partial charge in [-0.15, -0.1) is 0 Å². The van der Waals surface area contributed by atoms with Gasteiger partial charge >= 0.3 is 0 Å². The highest BCUT2D eigenvalue weighted by Gasteiger charge is 2.19. The maximum atomic E-state index is 12.2. The van der Waals surface area contributed by atoms with E-state index in [2.05, 4.69) is 5.32 Å². The number of hydrogen-bond donors (Lipinski definition) is 1. The molecule has 144 valence electrons. The van der Waals surface area contributed by atoms with Crippen LogP contribution in [0, 0.1) is 6.92 Å². The van der Waals surface area contributed by atoms with Crippen molar-refractivity contribution < 1.29 is 14.3 Å². The molecule has 1 unspecified atom stereocenters. The third-order valence-corrected chi connectivity index (χ3v) is 4.57. The second-order valence-electron chi connectivity index (χ2n) is 6.81. The highest BCUT2D eigenvalue weighted by molar-refractivity contribution is 5.97. The molecule has 0 saturated heterocycles. The first-order valence-electron chi connectivity index (χ1n) is 9.08. The molecule has 5 heteroatoms. The number of likely N-dealkylation sites (N-methyl/N-ethyl adjacent to an activating group) is 1. The van der Waals surface area contributed by atoms with Gasteiger partial charge in [0.15, 0.2) is 5.78 Å². The molecular weight excluding hydrogens is 340 g/mol. The topological polar surface area (TPSA) is 58.6 Å². The van der Waals surface area contributed by atoms with Gasteiger partial charge in [0.05, 0.1) is 13.2 Å². The van der Waals surface area contributed by atoms with Gasteiger partial charge in [-0.3, -0.25) is 9.59 Å². The molecule has 0 spiro atoms. The number of ketones is 1. The minimum Gasteiger partial charge on any atom is -0.496 e. The maximum Gasteiger partial charge on any atom is 0.220 e. The number of benzene rings is 2. The number of para-hydroxylation sites is 1. The van der Waals surface area contributed by atoms with Gasteiger partial charge < -0.3 is 15.0 Å². The lowest BCUT2D eigenvalue weighted by Gasteiger charge is -2.26. The van der Waals surface area contributed by atoms with E-state index in [1.165, 1.54) is 0 Å². The zero-order valence-corrected chi connectivity index (χ0v) is 16.5. The zero-order valence-electron chi connectivity index (χ0n) is 16.5. The number of nitrogens with zero attached hydrogens (tertiary/aromatic N) is 1. The van der Waals surface area contributed by atoms with Gasteiger partial charge in [0.2, 0.25) is 5.91 Å². The van der Waals surface area contributed by atoms with E-state index in [1.807, 2.05) is 62.3 Å². The van der Waals surface area contributed by atoms with E-state index in [0.717, 1.165) is 16.9 Å². The Hall–Kier alpha value is -2.66. The summed E-state index contributed by atoms with van der Waals surface area (Å²) in [5.74, 6) is 0.649. The highest BCUT2D eigenvalue weighted by Crippen LogP contribution is 2.27. The summed E-state index contributed by atoms with van der Waals surface area (Å²) in [5, 5.41) is 2.94. The summed E-state index contributed by atoms with van der Waals surface area (Å²) in [6, 6.07) is 15.2. The Morgan fingerprint density at radius 3 is 2.33 bits per heavy atom. The largest absolute Gasteiger partial charge is 0.496 e. The standard InChI is InChI=1S/C22H28N2O3/c1-16-9-11-17(12-10-16)20(25)13-14-22(26)23-15-19(24(2)3)18-7-5-6-8-21(18)27-4/h5-12,19H,13-15H2,1-4H3,(H,23,26). The van der Waals surface area contributed by atoms with Crippen LogP contribution in [0.15, 0.2) is 48.5 Å². The fourth-order valence-corrected chi connectivity index (χ4v) is 2.92. The number of methoxy groups -OCH3 is 1. The van der Waals surface area contributed by atoms with Crippen LogP contribution in [0.4, 0.5) is 0 Å². The second-order valence-corrected chi connectivity index (χ2v) is 6.81. The molecule has 0 aliphatic carbocycles. The SMILES string of the molecule is COc1ccccc1C(CNC(=O)CCC(=O)c1ccc(C)cc1)N(C)C. The fourth-order valence-electron chi connectivity index (χ4n) is 2.92. The fraction of sp³-hybridized carbons (Fsp3) is 0.364. The molecule has 0 aromatic heterocycles. The second kappa shape index (κ2) is 9.88. The van der Waals surface area contributed by atoms with Gasteiger partial charge in [0, 0.05) is 30.5 Å². The molecule has 1 N–H and O–H groups in total. The van der Waals surface area contributed by atoms with E-state index in [-0.39, 0.29) is 30.6 Å². The van der Waals surface area contributed by atoms with Gasteiger partial charge in [-0.1, -0.05) is 48.0 Å². The van der Waals surface area contributed by atoms with Crippen molar-refractivity contribution in [1.29, 1.82) is 0 Å². The number of hydrogen-bond acceptors (Lipinski definition) is 4. The van der Waals surface area contributed by atoms with E-state index in [4.69, 9.17) is 4.74 Å². The number of amides is 1. The number of aryl methyl sites for hydroxylation is 1. The Kier molecular flexibility index (Phi) is 7.55. The van der Waals surface area contributed by atoms with Crippen molar-refractivity contribution in [1.82, 2.24) is 10.2 Å². The van der Waals surface area contributed by atoms with Crippen LogP contribution in [0.5, 0.6) is 5.75 Å². The number of nitrogens with one attached hydrogen (secondary N) is 1. The summed E-state index contributed by atoms with van der Waals surface area (Å²) in [6.07, 6.45) is 0.384. The lowest BCUT2D eigenvalue weighted by atomic mass is 10.0. The lowest BCUT2D eigenvalue weighted by molar-refractivity contribution is -0.121. The average molecular weight is 368 g/mol. The van der Waals surface area contributed by atoms with Crippen LogP contribution in [0.25, 0.3) is 0 Å². The summed E-state index contributed by atoms with van der Waals surface area (Å²) in [6.45, 7) is 2.43. The van der Waals surface area contributed by atoms with Crippen LogP contribution in [0.1, 0.15) is 40.4 Å². The van der Waals surface area contributed by atoms with Crippen molar-refractivity contribution >= 4 is 11.7 Å². The molecule has 0 fully saturated rings. The van der Waals surface area contributed by atoms with Crippen molar-refractivity contribution in [2.24, 2.45) is 0 Å². The van der Waals surface area contributed by atoms with E-state index in [9.17, 15) is 9.59 Å². The third kappa shape index (κ3) is 5.93. The van der Waals surface area contributed by atoms with Crippen LogP contribution >= 0.6 is 0 Å². The molecule has 5 nitrogen and oxygen atoms in total. The lowest BCUT2D eigenvalue weighted by Crippen LogP contribution is -2.34. The van der Waals surface area contributed by atoms with Crippen LogP contribution < -0.4 is 10.1 Å². The normalized spacial score (nSPS) is 11.9. The summed E-state index contributed by atoms with van der Waals surface area (Å²) < 4.78 is 5.44. The Bertz CT molecular complexity index is 769. The molecule has 0 aliphatic rings. The van der Waals surface area contributed by atoms with E-state index in [0.29, 0.717) is 12.1 Å². The smallest absolute Gasteiger partial charge is 0.220 e. The number of ether oxygens (including phenoxy) is 1. The number of carbonyl (C=O) groups is 2. The average Bonchev–Trinajstić information content (AvgIpc) is 2.67. The first-order chi connectivity index (χ1) is 12.9. The molecule has 2 aromatic rings. The van der Waals surface area contributed by atoms with E-state index < -0.39 is 0 Å². The van der Waals surface area contributed by atoms with Crippen LogP contribution in [-0.4, -0.2) is 44.3 Å². The highest BCUT2D eigenvalue weighted by atomic mass is 16.5. The summed E-state index contributed by atoms with van der Waals surface area (Å²) in [4.78, 5) is 26.5. The van der Waals surface area contributed by atoms with Gasteiger partial charge in [-0.05, 0) is 27.1 Å². The van der Waals surface area contributed by atoms with Crippen LogP contribution in [0.3, 0.4) is 0 Å². The molecule has 27 heavy (non-hydrogen) atoms. The molecule has 2 aromatic carbocycles. The Balaban J connectivity index is 1.90. The predicted octanol–water partition coefficient (Wildman–Crippen LogP) is 3.39.